The number of aromatic hydroxyl groups is 1. The maximum absolute atomic E-state index is 13.5. The van der Waals surface area contributed by atoms with Gasteiger partial charge in [0.2, 0.25) is 0 Å². The monoisotopic (exact) mass is 422 g/mol. The van der Waals surface area contributed by atoms with Crippen LogP contribution in [0.3, 0.4) is 0 Å². The number of anilines is 1. The summed E-state index contributed by atoms with van der Waals surface area (Å²) in [5.41, 5.74) is 2.50. The van der Waals surface area contributed by atoms with Gasteiger partial charge < -0.3 is 10.4 Å². The second kappa shape index (κ2) is 7.63. The molecule has 1 aromatic heterocycles. The quantitative estimate of drug-likeness (QED) is 0.388. The highest BCUT2D eigenvalue weighted by atomic mass is 16.3. The van der Waals surface area contributed by atoms with Crippen LogP contribution in [0, 0.1) is 0 Å². The van der Waals surface area contributed by atoms with E-state index in [0.717, 1.165) is 0 Å². The minimum atomic E-state index is -0.426. The molecular weight excluding hydrogens is 404 g/mol. The van der Waals surface area contributed by atoms with E-state index < -0.39 is 5.56 Å². The van der Waals surface area contributed by atoms with Crippen LogP contribution in [-0.2, 0) is 4.79 Å². The molecule has 0 spiro atoms. The normalized spacial score (nSPS) is 14.6. The number of benzene rings is 3. The van der Waals surface area contributed by atoms with Crippen LogP contribution in [0.2, 0.25) is 0 Å². The van der Waals surface area contributed by atoms with Gasteiger partial charge in [-0.25, -0.2) is 0 Å². The zero-order valence-electron chi connectivity index (χ0n) is 17.1. The smallest absolute Gasteiger partial charge is 0.276 e. The van der Waals surface area contributed by atoms with Crippen LogP contribution in [0.1, 0.15) is 18.1 Å². The number of hydrogen-bond acceptors (Lipinski definition) is 5. The van der Waals surface area contributed by atoms with Crippen molar-refractivity contribution in [3.63, 3.8) is 0 Å². The third kappa shape index (κ3) is 3.07. The lowest BCUT2D eigenvalue weighted by Gasteiger charge is -2.14. The van der Waals surface area contributed by atoms with Crippen LogP contribution in [0.15, 0.2) is 93.9 Å². The number of pyridine rings is 1. The van der Waals surface area contributed by atoms with Gasteiger partial charge >= 0.3 is 0 Å². The molecule has 0 aliphatic carbocycles. The number of amides is 1. The van der Waals surface area contributed by atoms with Crippen LogP contribution in [-0.4, -0.2) is 27.0 Å². The number of aromatic nitrogens is 1. The van der Waals surface area contributed by atoms with Gasteiger partial charge in [0.1, 0.15) is 11.3 Å². The molecule has 1 amide bonds. The Bertz CT molecular complexity index is 1500. The summed E-state index contributed by atoms with van der Waals surface area (Å²) in [5.74, 6) is -0.539. The first kappa shape index (κ1) is 19.4. The van der Waals surface area contributed by atoms with Crippen LogP contribution >= 0.6 is 0 Å². The molecule has 7 nitrogen and oxygen atoms in total. The fourth-order valence-electron chi connectivity index (χ4n) is 3.86. The summed E-state index contributed by atoms with van der Waals surface area (Å²) in [6, 6.07) is 23.5. The summed E-state index contributed by atoms with van der Waals surface area (Å²) in [5, 5.41) is 22.5. The highest BCUT2D eigenvalue weighted by molar-refractivity contribution is 6.53. The van der Waals surface area contributed by atoms with E-state index >= 15 is 0 Å². The Morgan fingerprint density at radius 2 is 1.59 bits per heavy atom. The molecule has 0 unspecified atom stereocenters. The third-order valence-electron chi connectivity index (χ3n) is 5.38. The molecule has 3 aromatic carbocycles. The van der Waals surface area contributed by atoms with Crippen LogP contribution in [0.5, 0.6) is 5.75 Å². The van der Waals surface area contributed by atoms with E-state index in [4.69, 9.17) is 0 Å². The number of para-hydroxylation sites is 3. The van der Waals surface area contributed by atoms with E-state index in [0.29, 0.717) is 27.8 Å². The van der Waals surface area contributed by atoms with Gasteiger partial charge in [-0.3, -0.25) is 14.2 Å². The largest absolute Gasteiger partial charge is 0.506 e. The Morgan fingerprint density at radius 1 is 0.906 bits per heavy atom. The maximum atomic E-state index is 13.5. The minimum absolute atomic E-state index is 0.0311. The Labute approximate surface area is 183 Å². The molecule has 1 aliphatic rings. The van der Waals surface area contributed by atoms with Crippen molar-refractivity contribution < 1.29 is 9.90 Å². The van der Waals surface area contributed by atoms with Gasteiger partial charge in [-0.05, 0) is 37.3 Å². The summed E-state index contributed by atoms with van der Waals surface area (Å²) < 4.78 is 1.54. The van der Waals surface area contributed by atoms with E-state index in [-0.39, 0.29) is 28.6 Å². The zero-order valence-corrected chi connectivity index (χ0v) is 17.1. The highest BCUT2D eigenvalue weighted by Gasteiger charge is 2.26. The number of rotatable bonds is 3. The number of hydrogen-bond donors (Lipinski definition) is 2. The molecule has 0 atom stereocenters. The lowest BCUT2D eigenvalue weighted by Crippen LogP contribution is -2.25. The summed E-state index contributed by atoms with van der Waals surface area (Å²) >= 11 is 0. The van der Waals surface area contributed by atoms with Gasteiger partial charge in [-0.2, -0.15) is 5.10 Å². The molecule has 2 heterocycles. The van der Waals surface area contributed by atoms with Gasteiger partial charge in [0.15, 0.2) is 5.71 Å². The van der Waals surface area contributed by atoms with Crippen LogP contribution in [0.25, 0.3) is 16.6 Å². The van der Waals surface area contributed by atoms with E-state index in [1.165, 1.54) is 4.57 Å². The van der Waals surface area contributed by atoms with Gasteiger partial charge in [0.25, 0.3) is 11.5 Å². The number of carbonyl (C=O) groups is 1. The van der Waals surface area contributed by atoms with Crippen molar-refractivity contribution in [2.75, 3.05) is 5.32 Å². The molecule has 2 N–H and O–H groups in total. The molecule has 4 aromatic rings. The van der Waals surface area contributed by atoms with Crippen LogP contribution < -0.4 is 10.9 Å². The molecule has 5 rings (SSSR count). The topological polar surface area (TPSA) is 96.0 Å². The molecule has 156 valence electrons. The van der Waals surface area contributed by atoms with Crippen molar-refractivity contribution in [1.82, 2.24) is 4.57 Å². The van der Waals surface area contributed by atoms with Gasteiger partial charge in [-0.15, -0.1) is 5.10 Å². The Morgan fingerprint density at radius 3 is 2.41 bits per heavy atom. The Hall–Kier alpha value is -4.52. The first-order valence-electron chi connectivity index (χ1n) is 10.0. The van der Waals surface area contributed by atoms with Crippen LogP contribution in [0.4, 0.5) is 5.69 Å². The molecule has 1 aliphatic heterocycles. The van der Waals surface area contributed by atoms with E-state index in [1.54, 1.807) is 43.3 Å². The molecular formula is C25H18N4O3. The maximum Gasteiger partial charge on any atom is 0.276 e. The van der Waals surface area contributed by atoms with Crippen molar-refractivity contribution in [2.24, 2.45) is 10.2 Å². The van der Waals surface area contributed by atoms with Crippen molar-refractivity contribution in [3.8, 4) is 11.4 Å². The standard InChI is InChI=1S/C25H18N4O3/c1-15(27-28-22-17-11-5-7-13-19(17)26-24(22)31)21-23(30)18-12-6-8-14-20(18)29(25(21)32)16-9-3-2-4-10-16/h2-14,30H,1H3,(H,26,28,31)/b27-15-. The fourth-order valence-corrected chi connectivity index (χ4v) is 3.86. The SMILES string of the molecule is C/C(=N/N=C1/C(=O)Nc2ccccc21)c1c(O)c2ccccc2n(-c2ccccc2)c1=O. The van der Waals surface area contributed by atoms with E-state index in [2.05, 4.69) is 15.5 Å². The molecule has 7 heteroatoms. The number of nitrogens with zero attached hydrogens (tertiary/aromatic N) is 3. The number of carbonyl (C=O) groups excluding carboxylic acids is 1. The molecule has 0 bridgehead atoms. The fraction of sp³-hybridized carbons (Fsp3) is 0.0400. The van der Waals surface area contributed by atoms with Crippen molar-refractivity contribution in [3.05, 3.63) is 100 Å². The molecule has 0 fully saturated rings. The molecule has 0 saturated carbocycles. The van der Waals surface area contributed by atoms with E-state index in [1.807, 2.05) is 42.5 Å². The van der Waals surface area contributed by atoms with Crippen molar-refractivity contribution in [1.29, 1.82) is 0 Å². The van der Waals surface area contributed by atoms with Crippen molar-refractivity contribution >= 4 is 33.9 Å². The predicted molar refractivity (Wildman–Crippen MR) is 125 cm³/mol. The van der Waals surface area contributed by atoms with Gasteiger partial charge in [-0.1, -0.05) is 48.5 Å². The van der Waals surface area contributed by atoms with Gasteiger partial charge in [0.05, 0.1) is 16.9 Å². The Balaban J connectivity index is 1.72. The number of nitrogens with one attached hydrogen (secondary N) is 1. The highest BCUT2D eigenvalue weighted by Crippen LogP contribution is 2.29. The molecule has 0 radical (unpaired) electrons. The second-order valence-electron chi connectivity index (χ2n) is 7.35. The summed E-state index contributed by atoms with van der Waals surface area (Å²) in [6.07, 6.45) is 0. The first-order valence-corrected chi connectivity index (χ1v) is 10.0. The molecule has 32 heavy (non-hydrogen) atoms. The third-order valence-corrected chi connectivity index (χ3v) is 5.38. The predicted octanol–water partition coefficient (Wildman–Crippen LogP) is 3.86. The lowest BCUT2D eigenvalue weighted by atomic mass is 10.1. The van der Waals surface area contributed by atoms with Crippen molar-refractivity contribution in [2.45, 2.75) is 6.92 Å². The first-order chi connectivity index (χ1) is 15.6. The zero-order chi connectivity index (χ0) is 22.2. The Kier molecular flexibility index (Phi) is 4.63. The minimum Gasteiger partial charge on any atom is -0.506 e. The average Bonchev–Trinajstić information content (AvgIpc) is 3.13. The number of fused-ring (bicyclic) bond motifs is 2. The summed E-state index contributed by atoms with van der Waals surface area (Å²) in [7, 11) is 0. The lowest BCUT2D eigenvalue weighted by molar-refractivity contribution is -0.110. The van der Waals surface area contributed by atoms with E-state index in [9.17, 15) is 14.7 Å². The van der Waals surface area contributed by atoms with Gasteiger partial charge in [0, 0.05) is 16.6 Å². The summed E-state index contributed by atoms with van der Waals surface area (Å²) in [4.78, 5) is 25.8. The average molecular weight is 422 g/mol. The summed E-state index contributed by atoms with van der Waals surface area (Å²) in [6.45, 7) is 1.59. The second-order valence-corrected chi connectivity index (χ2v) is 7.35. The molecule has 0 saturated heterocycles.